The first-order chi connectivity index (χ1) is 16.0. The molecule has 0 radical (unpaired) electrons. The summed E-state index contributed by atoms with van der Waals surface area (Å²) in [5, 5.41) is 12.5. The smallest absolute Gasteiger partial charge is 0.244 e. The molecule has 1 amide bonds. The lowest BCUT2D eigenvalue weighted by molar-refractivity contribution is -0.132. The van der Waals surface area contributed by atoms with Crippen molar-refractivity contribution >= 4 is 22.9 Å². The van der Waals surface area contributed by atoms with Crippen LogP contribution in [-0.4, -0.2) is 61.3 Å². The van der Waals surface area contributed by atoms with E-state index in [9.17, 15) is 4.79 Å². The number of hydrogen-bond acceptors (Lipinski definition) is 6. The summed E-state index contributed by atoms with van der Waals surface area (Å²) in [5.74, 6) is 1.31. The number of hydrogen-bond donors (Lipinski definition) is 1. The van der Waals surface area contributed by atoms with E-state index < -0.39 is 0 Å². The van der Waals surface area contributed by atoms with Gasteiger partial charge in [0.1, 0.15) is 5.52 Å². The normalized spacial score (nSPS) is 18.1. The van der Waals surface area contributed by atoms with Gasteiger partial charge in [0.25, 0.3) is 0 Å². The summed E-state index contributed by atoms with van der Waals surface area (Å²) < 4.78 is 9.35. The van der Waals surface area contributed by atoms with Gasteiger partial charge in [-0.15, -0.1) is 5.10 Å². The molecule has 1 saturated carbocycles. The van der Waals surface area contributed by atoms with Gasteiger partial charge in [-0.1, -0.05) is 0 Å². The highest BCUT2D eigenvalue weighted by Gasteiger charge is 2.46. The monoisotopic (exact) mass is 445 g/mol. The number of pyridine rings is 1. The number of ether oxygens (including phenoxy) is 1. The molecule has 0 atom stereocenters. The Kier molecular flexibility index (Phi) is 4.53. The van der Waals surface area contributed by atoms with Crippen LogP contribution in [0.5, 0.6) is 5.88 Å². The van der Waals surface area contributed by atoms with Crippen molar-refractivity contribution in [2.75, 3.05) is 25.5 Å². The first-order valence-corrected chi connectivity index (χ1v) is 11.4. The number of amides is 1. The zero-order valence-electron chi connectivity index (χ0n) is 18.9. The highest BCUT2D eigenvalue weighted by molar-refractivity contribution is 5.85. The molecule has 9 heteroatoms. The number of piperidine rings is 1. The largest absolute Gasteiger partial charge is 0.479 e. The number of nitrogens with one attached hydrogen (secondary N) is 1. The standard InChI is InChI=1S/C24H27N7O2/c1-16(32)29-11-6-24(7-12-29)14-18(15-24)26-23-27-22(33-2)21-20(5-10-31(21)28-23)17-4-9-30-19(13-17)3-8-25-30/h3-5,8-10,13,18H,6-7,11-12,14-15H2,1-2H3,(H,26,28). The molecule has 1 saturated heterocycles. The third kappa shape index (κ3) is 3.39. The van der Waals surface area contributed by atoms with Gasteiger partial charge in [-0.3, -0.25) is 4.79 Å². The minimum Gasteiger partial charge on any atom is -0.479 e. The third-order valence-electron chi connectivity index (χ3n) is 7.34. The molecule has 1 N–H and O–H groups in total. The molecule has 2 fully saturated rings. The van der Waals surface area contributed by atoms with Crippen molar-refractivity contribution in [2.45, 2.75) is 38.6 Å². The summed E-state index contributed by atoms with van der Waals surface area (Å²) in [4.78, 5) is 18.3. The molecule has 5 heterocycles. The molecule has 0 bridgehead atoms. The van der Waals surface area contributed by atoms with Crippen LogP contribution in [-0.2, 0) is 4.79 Å². The van der Waals surface area contributed by atoms with Crippen LogP contribution in [0.4, 0.5) is 5.95 Å². The third-order valence-corrected chi connectivity index (χ3v) is 7.34. The molecule has 1 aliphatic carbocycles. The summed E-state index contributed by atoms with van der Waals surface area (Å²) in [6.07, 6.45) is 10.0. The van der Waals surface area contributed by atoms with E-state index in [4.69, 9.17) is 9.84 Å². The number of carbonyl (C=O) groups is 1. The molecular formula is C24H27N7O2. The second-order valence-corrected chi connectivity index (χ2v) is 9.34. The fourth-order valence-electron chi connectivity index (χ4n) is 5.49. The van der Waals surface area contributed by atoms with Crippen molar-refractivity contribution in [3.05, 3.63) is 42.9 Å². The van der Waals surface area contributed by atoms with Gasteiger partial charge in [-0.05, 0) is 60.9 Å². The topological polar surface area (TPSA) is 89.1 Å². The molecule has 2 aliphatic rings. The molecule has 1 spiro atoms. The van der Waals surface area contributed by atoms with E-state index in [1.54, 1.807) is 20.2 Å². The molecule has 170 valence electrons. The van der Waals surface area contributed by atoms with Gasteiger partial charge >= 0.3 is 0 Å². The fraction of sp³-hybridized carbons (Fsp3) is 0.417. The minimum absolute atomic E-state index is 0.184. The number of fused-ring (bicyclic) bond motifs is 2. The maximum atomic E-state index is 11.6. The van der Waals surface area contributed by atoms with Gasteiger partial charge < -0.3 is 15.0 Å². The van der Waals surface area contributed by atoms with Gasteiger partial charge in [-0.2, -0.15) is 10.1 Å². The predicted molar refractivity (Wildman–Crippen MR) is 124 cm³/mol. The summed E-state index contributed by atoms with van der Waals surface area (Å²) in [6.45, 7) is 3.40. The SMILES string of the molecule is COc1nc(NC2CC3(CCN(C(C)=O)CC3)C2)nn2ccc(-c3ccn4nccc4c3)c12. The van der Waals surface area contributed by atoms with Crippen molar-refractivity contribution in [1.29, 1.82) is 0 Å². The Hall–Kier alpha value is -3.62. The van der Waals surface area contributed by atoms with Crippen LogP contribution < -0.4 is 10.1 Å². The van der Waals surface area contributed by atoms with E-state index >= 15 is 0 Å². The highest BCUT2D eigenvalue weighted by atomic mass is 16.5. The Balaban J connectivity index is 1.22. The van der Waals surface area contributed by atoms with Crippen molar-refractivity contribution in [1.82, 2.24) is 29.1 Å². The lowest BCUT2D eigenvalue weighted by Crippen LogP contribution is -2.52. The van der Waals surface area contributed by atoms with E-state index in [1.807, 2.05) is 44.5 Å². The van der Waals surface area contributed by atoms with Crippen molar-refractivity contribution in [2.24, 2.45) is 5.41 Å². The Morgan fingerprint density at radius 1 is 1.15 bits per heavy atom. The van der Waals surface area contributed by atoms with E-state index in [1.165, 1.54) is 0 Å². The lowest BCUT2D eigenvalue weighted by atomic mass is 9.60. The van der Waals surface area contributed by atoms with E-state index in [0.29, 0.717) is 23.3 Å². The number of carbonyl (C=O) groups excluding carboxylic acids is 1. The van der Waals surface area contributed by atoms with Gasteiger partial charge in [0.2, 0.25) is 17.7 Å². The van der Waals surface area contributed by atoms with Crippen LogP contribution in [0.2, 0.25) is 0 Å². The number of nitrogens with zero attached hydrogens (tertiary/aromatic N) is 6. The van der Waals surface area contributed by atoms with Gasteiger partial charge in [0.05, 0.1) is 12.6 Å². The van der Waals surface area contributed by atoms with E-state index in [0.717, 1.165) is 60.9 Å². The summed E-state index contributed by atoms with van der Waals surface area (Å²) in [7, 11) is 1.64. The molecule has 0 aromatic carbocycles. The summed E-state index contributed by atoms with van der Waals surface area (Å²) in [6, 6.07) is 8.49. The molecule has 0 unspecified atom stereocenters. The predicted octanol–water partition coefficient (Wildman–Crippen LogP) is 3.26. The van der Waals surface area contributed by atoms with Crippen LogP contribution in [0.25, 0.3) is 22.2 Å². The van der Waals surface area contributed by atoms with Crippen molar-refractivity contribution < 1.29 is 9.53 Å². The van der Waals surface area contributed by atoms with Crippen LogP contribution in [0.1, 0.15) is 32.6 Å². The Bertz CT molecular complexity index is 1340. The maximum absolute atomic E-state index is 11.6. The summed E-state index contributed by atoms with van der Waals surface area (Å²) in [5.41, 5.74) is 4.30. The zero-order chi connectivity index (χ0) is 22.6. The molecular weight excluding hydrogens is 418 g/mol. The van der Waals surface area contributed by atoms with Gasteiger partial charge in [0.15, 0.2) is 0 Å². The van der Waals surface area contributed by atoms with Gasteiger partial charge in [0, 0.05) is 50.2 Å². The second-order valence-electron chi connectivity index (χ2n) is 9.34. The number of methoxy groups -OCH3 is 1. The highest BCUT2D eigenvalue weighted by Crippen LogP contribution is 2.50. The minimum atomic E-state index is 0.184. The van der Waals surface area contributed by atoms with Crippen molar-refractivity contribution in [3.63, 3.8) is 0 Å². The fourth-order valence-corrected chi connectivity index (χ4v) is 5.49. The van der Waals surface area contributed by atoms with Crippen molar-refractivity contribution in [3.8, 4) is 17.0 Å². The quantitative estimate of drug-likeness (QED) is 0.519. The lowest BCUT2D eigenvalue weighted by Gasteiger charge is -2.52. The molecule has 1 aliphatic heterocycles. The number of aromatic nitrogens is 5. The second kappa shape index (κ2) is 7.47. The van der Waals surface area contributed by atoms with E-state index in [-0.39, 0.29) is 5.91 Å². The Labute approximate surface area is 191 Å². The first kappa shape index (κ1) is 20.0. The van der Waals surface area contributed by atoms with Crippen LogP contribution in [0.3, 0.4) is 0 Å². The van der Waals surface area contributed by atoms with Crippen LogP contribution in [0, 0.1) is 5.41 Å². The summed E-state index contributed by atoms with van der Waals surface area (Å²) >= 11 is 0. The van der Waals surface area contributed by atoms with E-state index in [2.05, 4.69) is 21.5 Å². The van der Waals surface area contributed by atoms with Gasteiger partial charge in [-0.25, -0.2) is 9.03 Å². The Morgan fingerprint density at radius 2 is 1.94 bits per heavy atom. The first-order valence-electron chi connectivity index (χ1n) is 11.4. The van der Waals surface area contributed by atoms with Crippen LogP contribution in [0.15, 0.2) is 42.9 Å². The molecule has 4 aromatic heterocycles. The Morgan fingerprint density at radius 3 is 2.70 bits per heavy atom. The zero-order valence-corrected chi connectivity index (χ0v) is 18.9. The molecule has 33 heavy (non-hydrogen) atoms. The number of likely N-dealkylation sites (tertiary alicyclic amines) is 1. The average Bonchev–Trinajstić information content (AvgIpc) is 3.44. The molecule has 9 nitrogen and oxygen atoms in total. The maximum Gasteiger partial charge on any atom is 0.244 e. The molecule has 4 aromatic rings. The number of anilines is 1. The van der Waals surface area contributed by atoms with Crippen LogP contribution >= 0.6 is 0 Å². The average molecular weight is 446 g/mol. The number of rotatable bonds is 4. The molecule has 6 rings (SSSR count).